The Morgan fingerprint density at radius 2 is 2.05 bits per heavy atom. The Balaban J connectivity index is 1.79. The van der Waals surface area contributed by atoms with Crippen LogP contribution in [0.1, 0.15) is 29.6 Å². The molecular weight excluding hydrogens is 313 g/mol. The van der Waals surface area contributed by atoms with Gasteiger partial charge in [-0.25, -0.2) is 0 Å². The second-order valence-corrected chi connectivity index (χ2v) is 6.24. The maximum Gasteiger partial charge on any atom is 0.237 e. The molecule has 4 nitrogen and oxygen atoms in total. The monoisotopic (exact) mass is 327 g/mol. The highest BCUT2D eigenvalue weighted by molar-refractivity contribution is 6.31. The van der Waals surface area contributed by atoms with Crippen LogP contribution in [0.3, 0.4) is 0 Å². The van der Waals surface area contributed by atoms with E-state index in [4.69, 9.17) is 27.9 Å². The van der Waals surface area contributed by atoms with Gasteiger partial charge in [-0.05, 0) is 18.2 Å². The number of alkyl halides is 1. The average Bonchev–Trinajstić information content (AvgIpc) is 2.48. The molecule has 0 unspecified atom stereocenters. The van der Waals surface area contributed by atoms with Gasteiger partial charge in [0.05, 0.1) is 12.0 Å². The first-order chi connectivity index (χ1) is 10.0. The van der Waals surface area contributed by atoms with Crippen molar-refractivity contribution in [3.05, 3.63) is 28.8 Å². The van der Waals surface area contributed by atoms with Crippen LogP contribution in [0.5, 0.6) is 5.75 Å². The molecule has 1 spiro atoms. The first kappa shape index (κ1) is 14.7. The van der Waals surface area contributed by atoms with Crippen molar-refractivity contribution in [2.75, 3.05) is 19.0 Å². The molecule has 1 saturated heterocycles. The molecule has 0 saturated carbocycles. The molecule has 2 aliphatic rings. The fraction of sp³-hybridized carbons (Fsp3) is 0.467. The zero-order valence-electron chi connectivity index (χ0n) is 11.4. The number of ether oxygens (including phenoxy) is 1. The van der Waals surface area contributed by atoms with E-state index in [9.17, 15) is 9.59 Å². The number of hydrogen-bond acceptors (Lipinski definition) is 3. The molecule has 0 radical (unpaired) electrons. The van der Waals surface area contributed by atoms with E-state index in [1.54, 1.807) is 23.1 Å². The van der Waals surface area contributed by atoms with Gasteiger partial charge in [0.2, 0.25) is 5.91 Å². The van der Waals surface area contributed by atoms with Crippen molar-refractivity contribution in [2.45, 2.75) is 24.9 Å². The minimum absolute atomic E-state index is 0.00583. The maximum absolute atomic E-state index is 12.3. The van der Waals surface area contributed by atoms with Crippen molar-refractivity contribution in [2.24, 2.45) is 0 Å². The molecule has 0 aliphatic carbocycles. The van der Waals surface area contributed by atoms with Gasteiger partial charge < -0.3 is 9.64 Å². The predicted molar refractivity (Wildman–Crippen MR) is 80.3 cm³/mol. The SMILES string of the molecule is O=C1CC2(CCN(C(=O)CCl)CC2)Oc2ccc(Cl)cc21. The Kier molecular flexibility index (Phi) is 3.84. The van der Waals surface area contributed by atoms with Gasteiger partial charge in [-0.2, -0.15) is 0 Å². The molecule has 0 aromatic heterocycles. The average molecular weight is 328 g/mol. The Morgan fingerprint density at radius 1 is 1.33 bits per heavy atom. The number of carbonyl (C=O) groups is 2. The van der Waals surface area contributed by atoms with E-state index in [0.717, 1.165) is 0 Å². The predicted octanol–water partition coefficient (Wildman–Crippen LogP) is 2.91. The van der Waals surface area contributed by atoms with E-state index in [0.29, 0.717) is 48.7 Å². The minimum Gasteiger partial charge on any atom is -0.486 e. The van der Waals surface area contributed by atoms with Crippen LogP contribution in [-0.2, 0) is 4.79 Å². The van der Waals surface area contributed by atoms with Crippen LogP contribution in [0.25, 0.3) is 0 Å². The number of benzene rings is 1. The summed E-state index contributed by atoms with van der Waals surface area (Å²) in [5.41, 5.74) is 0.0495. The normalized spacial score (nSPS) is 20.1. The molecular formula is C15H15Cl2NO3. The fourth-order valence-corrected chi connectivity index (χ4v) is 3.33. The second-order valence-electron chi connectivity index (χ2n) is 5.54. The third kappa shape index (κ3) is 2.74. The third-order valence-electron chi connectivity index (χ3n) is 4.19. The number of halogens is 2. The number of amides is 1. The smallest absolute Gasteiger partial charge is 0.237 e. The molecule has 2 heterocycles. The standard InChI is InChI=1S/C15H15Cl2NO3/c16-9-14(20)18-5-3-15(4-6-18)8-12(19)11-7-10(17)1-2-13(11)21-15/h1-2,7H,3-6,8-9H2. The third-order valence-corrected chi connectivity index (χ3v) is 4.66. The lowest BCUT2D eigenvalue weighted by molar-refractivity contribution is -0.132. The summed E-state index contributed by atoms with van der Waals surface area (Å²) in [5, 5.41) is 0.532. The molecule has 3 rings (SSSR count). The van der Waals surface area contributed by atoms with Gasteiger partial charge in [-0.1, -0.05) is 11.6 Å². The highest BCUT2D eigenvalue weighted by Gasteiger charge is 2.43. The number of fused-ring (bicyclic) bond motifs is 1. The Labute approximate surface area is 133 Å². The van der Waals surface area contributed by atoms with Crippen LogP contribution < -0.4 is 4.74 Å². The first-order valence-corrected chi connectivity index (χ1v) is 7.80. The van der Waals surface area contributed by atoms with Crippen molar-refractivity contribution in [3.8, 4) is 5.75 Å². The van der Waals surface area contributed by atoms with Gasteiger partial charge in [-0.3, -0.25) is 9.59 Å². The molecule has 6 heteroatoms. The molecule has 1 fully saturated rings. The summed E-state index contributed by atoms with van der Waals surface area (Å²) in [6.07, 6.45) is 1.62. The largest absolute Gasteiger partial charge is 0.486 e. The van der Waals surface area contributed by atoms with E-state index < -0.39 is 5.60 Å². The lowest BCUT2D eigenvalue weighted by atomic mass is 9.82. The summed E-state index contributed by atoms with van der Waals surface area (Å²) in [5.74, 6) is 0.568. The summed E-state index contributed by atoms with van der Waals surface area (Å²) in [6.45, 7) is 1.14. The van der Waals surface area contributed by atoms with Crippen LogP contribution >= 0.6 is 23.2 Å². The van der Waals surface area contributed by atoms with Crippen LogP contribution in [0.15, 0.2) is 18.2 Å². The van der Waals surface area contributed by atoms with Crippen LogP contribution in [0.4, 0.5) is 0 Å². The highest BCUT2D eigenvalue weighted by Crippen LogP contribution is 2.40. The summed E-state index contributed by atoms with van der Waals surface area (Å²) in [7, 11) is 0. The number of hydrogen-bond donors (Lipinski definition) is 0. The van der Waals surface area contributed by atoms with E-state index in [1.165, 1.54) is 0 Å². The van der Waals surface area contributed by atoms with Crippen molar-refractivity contribution in [1.29, 1.82) is 0 Å². The van der Waals surface area contributed by atoms with Crippen LogP contribution in [0, 0.1) is 0 Å². The van der Waals surface area contributed by atoms with Gasteiger partial charge in [-0.15, -0.1) is 11.6 Å². The van der Waals surface area contributed by atoms with Gasteiger partial charge in [0, 0.05) is 31.0 Å². The topological polar surface area (TPSA) is 46.6 Å². The molecule has 21 heavy (non-hydrogen) atoms. The molecule has 112 valence electrons. The van der Waals surface area contributed by atoms with E-state index in [1.807, 2.05) is 0 Å². The molecule has 0 atom stereocenters. The highest BCUT2D eigenvalue weighted by atomic mass is 35.5. The fourth-order valence-electron chi connectivity index (χ4n) is 2.99. The molecule has 1 aromatic rings. The number of likely N-dealkylation sites (tertiary alicyclic amines) is 1. The van der Waals surface area contributed by atoms with Crippen molar-refractivity contribution >= 4 is 34.9 Å². The van der Waals surface area contributed by atoms with E-state index in [2.05, 4.69) is 0 Å². The van der Waals surface area contributed by atoms with Crippen molar-refractivity contribution in [1.82, 2.24) is 4.90 Å². The number of carbonyl (C=O) groups excluding carboxylic acids is 2. The number of nitrogens with zero attached hydrogens (tertiary/aromatic N) is 1. The lowest BCUT2D eigenvalue weighted by Crippen LogP contribution is -2.52. The van der Waals surface area contributed by atoms with Gasteiger partial charge in [0.1, 0.15) is 17.2 Å². The Morgan fingerprint density at radius 3 is 2.71 bits per heavy atom. The molecule has 1 amide bonds. The number of Topliss-reactive ketones (excluding diaryl/α,β-unsaturated/α-hetero) is 1. The van der Waals surface area contributed by atoms with Gasteiger partial charge in [0.25, 0.3) is 0 Å². The molecule has 0 bridgehead atoms. The minimum atomic E-state index is -0.499. The van der Waals surface area contributed by atoms with Crippen molar-refractivity contribution in [3.63, 3.8) is 0 Å². The Hall–Kier alpha value is -1.26. The van der Waals surface area contributed by atoms with Gasteiger partial charge in [0.15, 0.2) is 5.78 Å². The van der Waals surface area contributed by atoms with Gasteiger partial charge >= 0.3 is 0 Å². The second kappa shape index (κ2) is 5.50. The molecule has 1 aromatic carbocycles. The summed E-state index contributed by atoms with van der Waals surface area (Å²) in [6, 6.07) is 5.11. The summed E-state index contributed by atoms with van der Waals surface area (Å²) >= 11 is 11.5. The lowest BCUT2D eigenvalue weighted by Gasteiger charge is -2.43. The Bertz CT molecular complexity index is 595. The van der Waals surface area contributed by atoms with E-state index >= 15 is 0 Å². The number of ketones is 1. The maximum atomic E-state index is 12.3. The first-order valence-electron chi connectivity index (χ1n) is 6.88. The zero-order chi connectivity index (χ0) is 15.0. The zero-order valence-corrected chi connectivity index (χ0v) is 12.9. The summed E-state index contributed by atoms with van der Waals surface area (Å²) < 4.78 is 6.10. The van der Waals surface area contributed by atoms with E-state index in [-0.39, 0.29) is 17.6 Å². The summed E-state index contributed by atoms with van der Waals surface area (Å²) in [4.78, 5) is 25.7. The number of piperidine rings is 1. The number of rotatable bonds is 1. The molecule has 2 aliphatic heterocycles. The molecule has 0 N–H and O–H groups in total. The van der Waals surface area contributed by atoms with Crippen molar-refractivity contribution < 1.29 is 14.3 Å². The van der Waals surface area contributed by atoms with Crippen LogP contribution in [-0.4, -0.2) is 41.2 Å². The van der Waals surface area contributed by atoms with Crippen LogP contribution in [0.2, 0.25) is 5.02 Å². The quantitative estimate of drug-likeness (QED) is 0.745.